The summed E-state index contributed by atoms with van der Waals surface area (Å²) in [5.41, 5.74) is 16.6. The van der Waals surface area contributed by atoms with Gasteiger partial charge in [0.05, 0.1) is 22.1 Å². The van der Waals surface area contributed by atoms with Crippen molar-refractivity contribution in [3.05, 3.63) is 199 Å². The third-order valence-electron chi connectivity index (χ3n) is 12.9. The fourth-order valence-corrected chi connectivity index (χ4v) is 12.7. The second-order valence-electron chi connectivity index (χ2n) is 16.3. The van der Waals surface area contributed by atoms with Gasteiger partial charge in [0.2, 0.25) is 0 Å². The highest BCUT2D eigenvalue weighted by Gasteiger charge is 2.25. The van der Waals surface area contributed by atoms with Crippen molar-refractivity contribution in [2.45, 2.75) is 33.6 Å². The number of thiophene rings is 2. The second kappa shape index (κ2) is 15.1. The van der Waals surface area contributed by atoms with Gasteiger partial charge in [-0.25, -0.2) is 0 Å². The Morgan fingerprint density at radius 3 is 1.54 bits per heavy atom. The number of fused-ring (bicyclic) bond motifs is 12. The highest BCUT2D eigenvalue weighted by atomic mass is 32.1. The van der Waals surface area contributed by atoms with Crippen molar-refractivity contribution < 1.29 is 0 Å². The molecular formula is C59H44N2S2. The van der Waals surface area contributed by atoms with Gasteiger partial charge in [-0.05, 0) is 143 Å². The summed E-state index contributed by atoms with van der Waals surface area (Å²) in [7, 11) is 0. The number of aromatic nitrogens is 2. The zero-order valence-electron chi connectivity index (χ0n) is 35.5. The Morgan fingerprint density at radius 2 is 0.921 bits per heavy atom. The zero-order valence-corrected chi connectivity index (χ0v) is 37.2. The summed E-state index contributed by atoms with van der Waals surface area (Å²) < 4.78 is 7.60. The molecule has 0 radical (unpaired) electrons. The largest absolute Gasteiger partial charge is 0.309 e. The SMILES string of the molecule is C/C=C\c1c(-c2ccc3c(c2)c2cc(-c4ccc5c(c4)c4cc6c(cc4n5-c4ccccc4)CCc4c-6sc5ccccc45)ccc2n3-c2ccccc2)sc2ccccc12.CC. The highest BCUT2D eigenvalue weighted by Crippen LogP contribution is 2.48. The Hall–Kier alpha value is -6.98. The van der Waals surface area contributed by atoms with Gasteiger partial charge in [0.25, 0.3) is 0 Å². The summed E-state index contributed by atoms with van der Waals surface area (Å²) in [6, 6.07) is 65.7. The lowest BCUT2D eigenvalue weighted by atomic mass is 9.88. The third kappa shape index (κ3) is 5.89. The Bertz CT molecular complexity index is 3760. The second-order valence-corrected chi connectivity index (χ2v) is 18.4. The third-order valence-corrected chi connectivity index (χ3v) is 15.4. The van der Waals surface area contributed by atoms with Crippen LogP contribution in [0.1, 0.15) is 37.5 Å². The van der Waals surface area contributed by atoms with Crippen LogP contribution in [0.2, 0.25) is 0 Å². The van der Waals surface area contributed by atoms with Crippen molar-refractivity contribution in [3.63, 3.8) is 0 Å². The maximum absolute atomic E-state index is 2.51. The van der Waals surface area contributed by atoms with E-state index in [9.17, 15) is 0 Å². The molecule has 1 aliphatic rings. The van der Waals surface area contributed by atoms with E-state index in [1.165, 1.54) is 124 Å². The van der Waals surface area contributed by atoms with Gasteiger partial charge >= 0.3 is 0 Å². The molecule has 0 bridgehead atoms. The van der Waals surface area contributed by atoms with Gasteiger partial charge < -0.3 is 9.13 Å². The molecule has 0 aliphatic heterocycles. The number of nitrogens with zero attached hydrogens (tertiary/aromatic N) is 2. The summed E-state index contributed by atoms with van der Waals surface area (Å²) in [4.78, 5) is 2.75. The van der Waals surface area contributed by atoms with E-state index < -0.39 is 0 Å². The molecule has 8 aromatic carbocycles. The maximum atomic E-state index is 2.51. The number of rotatable bonds is 5. The number of benzene rings is 8. The van der Waals surface area contributed by atoms with E-state index in [1.807, 2.05) is 36.5 Å². The normalized spacial score (nSPS) is 12.5. The number of hydrogen-bond donors (Lipinski definition) is 0. The Morgan fingerprint density at radius 1 is 0.429 bits per heavy atom. The topological polar surface area (TPSA) is 9.86 Å². The molecule has 0 unspecified atom stereocenters. The minimum absolute atomic E-state index is 1.05. The fourth-order valence-electron chi connectivity index (χ4n) is 10.2. The molecule has 63 heavy (non-hydrogen) atoms. The molecule has 0 amide bonds. The van der Waals surface area contributed by atoms with Crippen LogP contribution in [0.25, 0.3) is 113 Å². The molecule has 2 nitrogen and oxygen atoms in total. The molecule has 4 heterocycles. The maximum Gasteiger partial charge on any atom is 0.0544 e. The molecule has 0 atom stereocenters. The molecule has 1 aliphatic carbocycles. The van der Waals surface area contributed by atoms with Crippen molar-refractivity contribution in [1.82, 2.24) is 9.13 Å². The molecule has 12 aromatic rings. The molecule has 0 spiro atoms. The first kappa shape index (κ1) is 37.8. The van der Waals surface area contributed by atoms with E-state index in [-0.39, 0.29) is 0 Å². The van der Waals surface area contributed by atoms with E-state index in [0.717, 1.165) is 12.8 Å². The van der Waals surface area contributed by atoms with Crippen molar-refractivity contribution >= 4 is 92.5 Å². The van der Waals surface area contributed by atoms with Crippen LogP contribution in [0.4, 0.5) is 0 Å². The van der Waals surface area contributed by atoms with Gasteiger partial charge in [-0.3, -0.25) is 0 Å². The average molecular weight is 845 g/mol. The van der Waals surface area contributed by atoms with Crippen molar-refractivity contribution in [3.8, 4) is 43.4 Å². The van der Waals surface area contributed by atoms with Crippen LogP contribution in [0.15, 0.2) is 182 Å². The average Bonchev–Trinajstić information content (AvgIpc) is 4.09. The predicted molar refractivity (Wildman–Crippen MR) is 276 cm³/mol. The van der Waals surface area contributed by atoms with E-state index >= 15 is 0 Å². The van der Waals surface area contributed by atoms with Crippen LogP contribution in [0.3, 0.4) is 0 Å². The lowest BCUT2D eigenvalue weighted by Crippen LogP contribution is -2.02. The van der Waals surface area contributed by atoms with Crippen molar-refractivity contribution in [2.24, 2.45) is 0 Å². The van der Waals surface area contributed by atoms with E-state index in [0.29, 0.717) is 0 Å². The van der Waals surface area contributed by atoms with Gasteiger partial charge in [-0.1, -0.05) is 117 Å². The minimum atomic E-state index is 1.05. The molecule has 302 valence electrons. The lowest BCUT2D eigenvalue weighted by Gasteiger charge is -2.18. The predicted octanol–water partition coefficient (Wildman–Crippen LogP) is 17.5. The molecule has 0 saturated heterocycles. The molecule has 4 aromatic heterocycles. The number of aryl methyl sites for hydroxylation is 2. The molecule has 13 rings (SSSR count). The minimum Gasteiger partial charge on any atom is -0.309 e. The summed E-state index contributed by atoms with van der Waals surface area (Å²) in [6.07, 6.45) is 6.57. The molecular weight excluding hydrogens is 801 g/mol. The molecule has 0 N–H and O–H groups in total. The smallest absolute Gasteiger partial charge is 0.0544 e. The first-order valence-electron chi connectivity index (χ1n) is 22.2. The van der Waals surface area contributed by atoms with Crippen LogP contribution in [-0.4, -0.2) is 9.13 Å². The summed E-state index contributed by atoms with van der Waals surface area (Å²) in [5.74, 6) is 0. The van der Waals surface area contributed by atoms with Crippen LogP contribution in [-0.2, 0) is 12.8 Å². The number of allylic oxidation sites excluding steroid dienone is 1. The quantitative estimate of drug-likeness (QED) is 0.163. The van der Waals surface area contributed by atoms with E-state index in [1.54, 1.807) is 0 Å². The van der Waals surface area contributed by atoms with Crippen LogP contribution >= 0.6 is 22.7 Å². The number of para-hydroxylation sites is 2. The summed E-state index contributed by atoms with van der Waals surface area (Å²) in [5, 5.41) is 7.82. The van der Waals surface area contributed by atoms with Gasteiger partial charge in [-0.2, -0.15) is 0 Å². The highest BCUT2D eigenvalue weighted by molar-refractivity contribution is 7.23. The van der Waals surface area contributed by atoms with E-state index in [2.05, 4.69) is 204 Å². The monoisotopic (exact) mass is 844 g/mol. The van der Waals surface area contributed by atoms with Gasteiger partial charge in [-0.15, -0.1) is 22.7 Å². The van der Waals surface area contributed by atoms with Crippen LogP contribution in [0.5, 0.6) is 0 Å². The summed E-state index contributed by atoms with van der Waals surface area (Å²) in [6.45, 7) is 6.11. The Kier molecular flexibility index (Phi) is 9.07. The van der Waals surface area contributed by atoms with E-state index in [4.69, 9.17) is 0 Å². The first-order chi connectivity index (χ1) is 31.2. The van der Waals surface area contributed by atoms with Crippen molar-refractivity contribution in [2.75, 3.05) is 0 Å². The van der Waals surface area contributed by atoms with Gasteiger partial charge in [0, 0.05) is 63.0 Å². The lowest BCUT2D eigenvalue weighted by molar-refractivity contribution is 0.958. The summed E-state index contributed by atoms with van der Waals surface area (Å²) >= 11 is 3.84. The Labute approximate surface area is 375 Å². The van der Waals surface area contributed by atoms with Crippen molar-refractivity contribution in [1.29, 1.82) is 0 Å². The first-order valence-corrected chi connectivity index (χ1v) is 23.8. The zero-order chi connectivity index (χ0) is 42.2. The van der Waals surface area contributed by atoms with Gasteiger partial charge in [0.15, 0.2) is 0 Å². The molecule has 0 saturated carbocycles. The van der Waals surface area contributed by atoms with Gasteiger partial charge in [0.1, 0.15) is 0 Å². The molecule has 0 fully saturated rings. The number of hydrogen-bond acceptors (Lipinski definition) is 2. The van der Waals surface area contributed by atoms with Crippen LogP contribution in [0, 0.1) is 0 Å². The van der Waals surface area contributed by atoms with Crippen LogP contribution < -0.4 is 0 Å². The molecule has 4 heteroatoms. The fraction of sp³-hybridized carbons (Fsp3) is 0.0847. The Balaban J connectivity index is 0.00000208. The standard InChI is InChI=1S/C57H38N2S2.C2H6/c1-2-13-43-41-18-9-11-20-54(41)60-56(43)38-25-29-51-48(32-38)46-30-35(23-27-50(46)58(51)39-14-5-3-6-15-39)36-24-28-52-47(31-36)49-34-45-37(33-53(49)59(52)40-16-7-4-8-17-40)22-26-44-42-19-10-12-21-55(42)61-57(44)45;1-2/h2-21,23-25,27-34H,22,26H2,1H3;1-2H3/b13-2-;.